The molecule has 1 amide bonds. The van der Waals surface area contributed by atoms with E-state index in [9.17, 15) is 4.79 Å². The van der Waals surface area contributed by atoms with Gasteiger partial charge in [0.2, 0.25) is 5.91 Å². The molecular weight excluding hydrogens is 202 g/mol. The molecule has 3 nitrogen and oxygen atoms in total. The monoisotopic (exact) mass is 219 g/mol. The van der Waals surface area contributed by atoms with Gasteiger partial charge in [-0.25, -0.2) is 0 Å². The largest absolute Gasteiger partial charge is 0.497 e. The highest BCUT2D eigenvalue weighted by molar-refractivity contribution is 5.76. The molecule has 0 aliphatic heterocycles. The van der Waals surface area contributed by atoms with Crippen molar-refractivity contribution in [2.75, 3.05) is 7.11 Å². The van der Waals surface area contributed by atoms with Crippen LogP contribution in [0.5, 0.6) is 5.75 Å². The molecule has 0 heterocycles. The maximum atomic E-state index is 11.5. The van der Waals surface area contributed by atoms with Gasteiger partial charge >= 0.3 is 0 Å². The van der Waals surface area contributed by atoms with E-state index in [2.05, 4.69) is 5.32 Å². The molecule has 0 aromatic heterocycles. The minimum Gasteiger partial charge on any atom is -0.497 e. The van der Waals surface area contributed by atoms with Crippen LogP contribution in [0, 0.1) is 0 Å². The summed E-state index contributed by atoms with van der Waals surface area (Å²) in [6.45, 7) is 0. The molecule has 0 saturated heterocycles. The van der Waals surface area contributed by atoms with E-state index in [0.29, 0.717) is 12.5 Å². The maximum absolute atomic E-state index is 11.5. The van der Waals surface area contributed by atoms with Gasteiger partial charge in [0.15, 0.2) is 0 Å². The lowest BCUT2D eigenvalue weighted by molar-refractivity contribution is -0.121. The Hall–Kier alpha value is -1.51. The van der Waals surface area contributed by atoms with Gasteiger partial charge < -0.3 is 10.1 Å². The first-order valence-corrected chi connectivity index (χ1v) is 5.70. The van der Waals surface area contributed by atoms with Crippen LogP contribution in [-0.2, 0) is 11.2 Å². The maximum Gasteiger partial charge on any atom is 0.220 e. The van der Waals surface area contributed by atoms with Crippen LogP contribution in [0.1, 0.15) is 24.8 Å². The minimum atomic E-state index is 0.165. The average molecular weight is 219 g/mol. The van der Waals surface area contributed by atoms with Crippen molar-refractivity contribution in [1.29, 1.82) is 0 Å². The van der Waals surface area contributed by atoms with Gasteiger partial charge in [-0.2, -0.15) is 0 Å². The summed E-state index contributed by atoms with van der Waals surface area (Å²) in [5.41, 5.74) is 1.17. The van der Waals surface area contributed by atoms with Gasteiger partial charge in [0.25, 0.3) is 0 Å². The minimum absolute atomic E-state index is 0.165. The second kappa shape index (κ2) is 5.01. The molecule has 0 atom stereocenters. The van der Waals surface area contributed by atoms with Crippen LogP contribution in [-0.4, -0.2) is 19.1 Å². The molecule has 2 rings (SSSR count). The molecule has 1 aromatic rings. The van der Waals surface area contributed by atoms with Crippen LogP contribution in [0.25, 0.3) is 0 Å². The lowest BCUT2D eigenvalue weighted by Crippen LogP contribution is -2.25. The van der Waals surface area contributed by atoms with Crippen LogP contribution >= 0.6 is 0 Å². The van der Waals surface area contributed by atoms with Gasteiger partial charge in [-0.05, 0) is 37.0 Å². The Labute approximate surface area is 95.8 Å². The summed E-state index contributed by atoms with van der Waals surface area (Å²) in [4.78, 5) is 11.5. The Bertz CT molecular complexity index is 355. The van der Waals surface area contributed by atoms with Crippen molar-refractivity contribution in [2.24, 2.45) is 0 Å². The molecule has 1 saturated carbocycles. The van der Waals surface area contributed by atoms with E-state index in [4.69, 9.17) is 4.74 Å². The van der Waals surface area contributed by atoms with Crippen LogP contribution in [0.2, 0.25) is 0 Å². The van der Waals surface area contributed by atoms with Crippen molar-refractivity contribution < 1.29 is 9.53 Å². The van der Waals surface area contributed by atoms with E-state index in [0.717, 1.165) is 25.0 Å². The first-order chi connectivity index (χ1) is 7.78. The molecule has 1 aromatic carbocycles. The molecular formula is C13H17NO2. The molecule has 0 spiro atoms. The quantitative estimate of drug-likeness (QED) is 0.821. The van der Waals surface area contributed by atoms with Gasteiger partial charge in [-0.15, -0.1) is 0 Å². The van der Waals surface area contributed by atoms with Gasteiger partial charge in [0.1, 0.15) is 5.75 Å². The lowest BCUT2D eigenvalue weighted by atomic mass is 10.1. The molecule has 1 fully saturated rings. The van der Waals surface area contributed by atoms with E-state index in [1.807, 2.05) is 24.3 Å². The summed E-state index contributed by atoms with van der Waals surface area (Å²) in [6, 6.07) is 8.32. The molecule has 0 unspecified atom stereocenters. The van der Waals surface area contributed by atoms with Gasteiger partial charge in [0.05, 0.1) is 7.11 Å². The molecule has 0 radical (unpaired) electrons. The predicted molar refractivity (Wildman–Crippen MR) is 62.5 cm³/mol. The zero-order valence-electron chi connectivity index (χ0n) is 9.53. The number of ether oxygens (including phenoxy) is 1. The lowest BCUT2D eigenvalue weighted by Gasteiger charge is -2.04. The standard InChI is InChI=1S/C13H17NO2/c1-16-12-7-2-10(3-8-12)4-9-13(15)14-11-5-6-11/h2-3,7-8,11H,4-6,9H2,1H3,(H,14,15). The first kappa shape index (κ1) is 11.0. The Morgan fingerprint density at radius 1 is 1.38 bits per heavy atom. The molecule has 1 aliphatic rings. The fourth-order valence-electron chi connectivity index (χ4n) is 1.58. The molecule has 1 N–H and O–H groups in total. The number of benzene rings is 1. The van der Waals surface area contributed by atoms with Crippen molar-refractivity contribution in [2.45, 2.75) is 31.7 Å². The molecule has 3 heteroatoms. The van der Waals surface area contributed by atoms with E-state index in [-0.39, 0.29) is 5.91 Å². The van der Waals surface area contributed by atoms with Crippen LogP contribution < -0.4 is 10.1 Å². The third kappa shape index (κ3) is 3.26. The van der Waals surface area contributed by atoms with Gasteiger partial charge in [-0.3, -0.25) is 4.79 Å². The summed E-state index contributed by atoms with van der Waals surface area (Å²) >= 11 is 0. The number of rotatable bonds is 5. The normalized spacial score (nSPS) is 14.6. The van der Waals surface area contributed by atoms with Gasteiger partial charge in [-0.1, -0.05) is 12.1 Å². The smallest absolute Gasteiger partial charge is 0.220 e. The van der Waals surface area contributed by atoms with Crippen molar-refractivity contribution in [3.8, 4) is 5.75 Å². The Morgan fingerprint density at radius 3 is 2.62 bits per heavy atom. The molecule has 0 bridgehead atoms. The highest BCUT2D eigenvalue weighted by atomic mass is 16.5. The first-order valence-electron chi connectivity index (χ1n) is 5.70. The highest BCUT2D eigenvalue weighted by Crippen LogP contribution is 2.19. The fraction of sp³-hybridized carbons (Fsp3) is 0.462. The summed E-state index contributed by atoms with van der Waals surface area (Å²) in [6.07, 6.45) is 3.66. The van der Waals surface area contributed by atoms with Crippen molar-refractivity contribution in [3.63, 3.8) is 0 Å². The number of aryl methyl sites for hydroxylation is 1. The van der Waals surface area contributed by atoms with E-state index in [1.165, 1.54) is 5.56 Å². The van der Waals surface area contributed by atoms with Crippen LogP contribution in [0.3, 0.4) is 0 Å². The number of hydrogen-bond acceptors (Lipinski definition) is 2. The molecule has 16 heavy (non-hydrogen) atoms. The van der Waals surface area contributed by atoms with Crippen LogP contribution in [0.4, 0.5) is 0 Å². The van der Waals surface area contributed by atoms with Crippen molar-refractivity contribution >= 4 is 5.91 Å². The molecule has 1 aliphatic carbocycles. The predicted octanol–water partition coefficient (Wildman–Crippen LogP) is 1.91. The highest BCUT2D eigenvalue weighted by Gasteiger charge is 2.22. The Morgan fingerprint density at radius 2 is 2.06 bits per heavy atom. The second-order valence-electron chi connectivity index (χ2n) is 4.19. The van der Waals surface area contributed by atoms with Crippen LogP contribution in [0.15, 0.2) is 24.3 Å². The number of nitrogens with one attached hydrogen (secondary N) is 1. The van der Waals surface area contributed by atoms with E-state index in [1.54, 1.807) is 7.11 Å². The summed E-state index contributed by atoms with van der Waals surface area (Å²) in [7, 11) is 1.65. The SMILES string of the molecule is COc1ccc(CCC(=O)NC2CC2)cc1. The third-order valence-corrected chi connectivity index (χ3v) is 2.74. The number of carbonyl (C=O) groups is 1. The Kier molecular flexibility index (Phi) is 3.44. The van der Waals surface area contributed by atoms with Crippen molar-refractivity contribution in [3.05, 3.63) is 29.8 Å². The second-order valence-corrected chi connectivity index (χ2v) is 4.19. The summed E-state index contributed by atoms with van der Waals surface area (Å²) < 4.78 is 5.08. The number of carbonyl (C=O) groups excluding carboxylic acids is 1. The van der Waals surface area contributed by atoms with E-state index < -0.39 is 0 Å². The summed E-state index contributed by atoms with van der Waals surface area (Å²) in [5, 5.41) is 2.98. The number of amides is 1. The zero-order valence-corrected chi connectivity index (χ0v) is 9.53. The third-order valence-electron chi connectivity index (χ3n) is 2.74. The average Bonchev–Trinajstić information content (AvgIpc) is 3.11. The fourth-order valence-corrected chi connectivity index (χ4v) is 1.58. The molecule has 86 valence electrons. The zero-order chi connectivity index (χ0) is 11.4. The van der Waals surface area contributed by atoms with Gasteiger partial charge in [0, 0.05) is 12.5 Å². The Balaban J connectivity index is 1.76. The topological polar surface area (TPSA) is 38.3 Å². The number of hydrogen-bond donors (Lipinski definition) is 1. The number of methoxy groups -OCH3 is 1. The van der Waals surface area contributed by atoms with E-state index >= 15 is 0 Å². The van der Waals surface area contributed by atoms with Crippen molar-refractivity contribution in [1.82, 2.24) is 5.32 Å². The summed E-state index contributed by atoms with van der Waals surface area (Å²) in [5.74, 6) is 1.02.